The highest BCUT2D eigenvalue weighted by atomic mass is 19.1. The molecule has 0 heterocycles. The number of amidine groups is 1. The number of carbonyl (C=O) groups excluding carboxylic acids is 1. The van der Waals surface area contributed by atoms with Crippen LogP contribution >= 0.6 is 0 Å². The van der Waals surface area contributed by atoms with Gasteiger partial charge in [-0.1, -0.05) is 47.6 Å². The maximum absolute atomic E-state index is 12.9. The van der Waals surface area contributed by atoms with E-state index in [9.17, 15) is 9.18 Å². The minimum absolute atomic E-state index is 0.225. The van der Waals surface area contributed by atoms with Crippen molar-refractivity contribution in [2.45, 2.75) is 25.8 Å². The van der Waals surface area contributed by atoms with Gasteiger partial charge in [0.05, 0.1) is 6.04 Å². The molecule has 1 unspecified atom stereocenters. The highest BCUT2D eigenvalue weighted by Gasteiger charge is 2.10. The second-order valence-corrected chi connectivity index (χ2v) is 5.68. The van der Waals surface area contributed by atoms with E-state index in [1.165, 1.54) is 12.1 Å². The van der Waals surface area contributed by atoms with Crippen molar-refractivity contribution in [3.63, 3.8) is 0 Å². The van der Waals surface area contributed by atoms with Crippen LogP contribution in [0.4, 0.5) is 4.39 Å². The Balaban J connectivity index is 1.71. The van der Waals surface area contributed by atoms with Crippen LogP contribution in [0.5, 0.6) is 0 Å². The summed E-state index contributed by atoms with van der Waals surface area (Å²) in [6.07, 6.45) is 1.31. The molecule has 5 nitrogen and oxygen atoms in total. The minimum Gasteiger partial charge on any atom is -0.384 e. The normalized spacial score (nSPS) is 12.5. The highest BCUT2D eigenvalue weighted by molar-refractivity contribution is 5.80. The predicted octanol–water partition coefficient (Wildman–Crippen LogP) is 2.92. The first-order valence-corrected chi connectivity index (χ1v) is 8.07. The summed E-state index contributed by atoms with van der Waals surface area (Å²) in [4.78, 5) is 16.8. The zero-order valence-corrected chi connectivity index (χ0v) is 14.1. The quantitative estimate of drug-likeness (QED) is 0.439. The lowest BCUT2D eigenvalue weighted by atomic mass is 10.1. The molecule has 0 aliphatic carbocycles. The van der Waals surface area contributed by atoms with E-state index in [1.807, 2.05) is 37.3 Å². The van der Waals surface area contributed by atoms with Gasteiger partial charge in [-0.05, 0) is 36.6 Å². The lowest BCUT2D eigenvalue weighted by molar-refractivity contribution is -0.126. The van der Waals surface area contributed by atoms with Gasteiger partial charge in [0, 0.05) is 6.42 Å². The highest BCUT2D eigenvalue weighted by Crippen LogP contribution is 2.12. The van der Waals surface area contributed by atoms with E-state index in [2.05, 4.69) is 10.5 Å². The number of hydrogen-bond acceptors (Lipinski definition) is 3. The average Bonchev–Trinajstić information content (AvgIpc) is 2.61. The van der Waals surface area contributed by atoms with E-state index in [4.69, 9.17) is 10.6 Å². The van der Waals surface area contributed by atoms with E-state index < -0.39 is 0 Å². The van der Waals surface area contributed by atoms with Crippen LogP contribution in [0.1, 0.15) is 30.5 Å². The Labute approximate surface area is 146 Å². The number of hydrogen-bond donors (Lipinski definition) is 2. The Morgan fingerprint density at radius 3 is 2.56 bits per heavy atom. The fraction of sp³-hybridized carbons (Fsp3) is 0.263. The summed E-state index contributed by atoms with van der Waals surface area (Å²) in [6.45, 7) is 1.58. The lowest BCUT2D eigenvalue weighted by Gasteiger charge is -2.13. The smallest absolute Gasteiger partial charge is 0.261 e. The Morgan fingerprint density at radius 2 is 1.88 bits per heavy atom. The molecule has 2 aromatic carbocycles. The molecule has 2 rings (SSSR count). The number of nitrogens with two attached hydrogens (primary N) is 1. The monoisotopic (exact) mass is 343 g/mol. The molecule has 132 valence electrons. The molecule has 0 saturated carbocycles. The maximum Gasteiger partial charge on any atom is 0.261 e. The van der Waals surface area contributed by atoms with Gasteiger partial charge >= 0.3 is 0 Å². The SMILES string of the molecule is CC(NC(=O)CO/N=C(\N)CCc1ccccc1)c1ccc(F)cc1. The molecule has 0 spiro atoms. The number of halogens is 1. The second kappa shape index (κ2) is 9.42. The molecular formula is C19H22FN3O2. The average molecular weight is 343 g/mol. The molecule has 0 aliphatic rings. The van der Waals surface area contributed by atoms with Crippen LogP contribution in [0.3, 0.4) is 0 Å². The number of carbonyl (C=O) groups is 1. The number of nitrogens with one attached hydrogen (secondary N) is 1. The third-order valence-corrected chi connectivity index (χ3v) is 3.64. The first-order valence-electron chi connectivity index (χ1n) is 8.07. The number of aryl methyl sites for hydroxylation is 1. The molecule has 6 heteroatoms. The minimum atomic E-state index is -0.323. The Bertz CT molecular complexity index is 702. The van der Waals surface area contributed by atoms with Crippen molar-refractivity contribution in [1.29, 1.82) is 0 Å². The second-order valence-electron chi connectivity index (χ2n) is 5.68. The summed E-state index contributed by atoms with van der Waals surface area (Å²) in [7, 11) is 0. The molecule has 0 fully saturated rings. The number of rotatable bonds is 8. The van der Waals surface area contributed by atoms with E-state index in [0.717, 1.165) is 17.5 Å². The van der Waals surface area contributed by atoms with Gasteiger partial charge in [-0.25, -0.2) is 4.39 Å². The summed E-state index contributed by atoms with van der Waals surface area (Å²) in [5, 5.41) is 6.51. The van der Waals surface area contributed by atoms with Crippen LogP contribution in [-0.4, -0.2) is 18.3 Å². The Morgan fingerprint density at radius 1 is 1.20 bits per heavy atom. The molecule has 0 radical (unpaired) electrons. The summed E-state index contributed by atoms with van der Waals surface area (Å²) in [5.74, 6) is -0.300. The molecule has 1 atom stereocenters. The van der Waals surface area contributed by atoms with Crippen molar-refractivity contribution in [1.82, 2.24) is 5.32 Å². The van der Waals surface area contributed by atoms with Gasteiger partial charge in [0.2, 0.25) is 0 Å². The molecule has 0 saturated heterocycles. The van der Waals surface area contributed by atoms with Crippen LogP contribution in [0.2, 0.25) is 0 Å². The third kappa shape index (κ3) is 6.63. The molecule has 25 heavy (non-hydrogen) atoms. The van der Waals surface area contributed by atoms with E-state index in [0.29, 0.717) is 12.3 Å². The fourth-order valence-electron chi connectivity index (χ4n) is 2.25. The number of nitrogens with zero attached hydrogens (tertiary/aromatic N) is 1. The first-order chi connectivity index (χ1) is 12.0. The molecule has 0 bridgehead atoms. The molecule has 3 N–H and O–H groups in total. The zero-order valence-electron chi connectivity index (χ0n) is 14.1. The van der Waals surface area contributed by atoms with Crippen molar-refractivity contribution in [2.75, 3.05) is 6.61 Å². The summed E-state index contributed by atoms with van der Waals surface area (Å²) in [6, 6.07) is 15.6. The topological polar surface area (TPSA) is 76.7 Å². The Hall–Kier alpha value is -2.89. The standard InChI is InChI=1S/C19H22FN3O2/c1-14(16-8-10-17(20)11-9-16)22-19(24)13-25-23-18(21)12-7-15-5-3-2-4-6-15/h2-6,8-11,14H,7,12-13H2,1H3,(H2,21,23)(H,22,24). The lowest BCUT2D eigenvalue weighted by Crippen LogP contribution is -2.30. The van der Waals surface area contributed by atoms with E-state index in [1.54, 1.807) is 12.1 Å². The van der Waals surface area contributed by atoms with Gasteiger partial charge < -0.3 is 15.9 Å². The summed E-state index contributed by atoms with van der Waals surface area (Å²) in [5.41, 5.74) is 7.74. The summed E-state index contributed by atoms with van der Waals surface area (Å²) < 4.78 is 12.9. The first kappa shape index (κ1) is 18.4. The number of benzene rings is 2. The van der Waals surface area contributed by atoms with Crippen molar-refractivity contribution >= 4 is 11.7 Å². The van der Waals surface area contributed by atoms with E-state index >= 15 is 0 Å². The van der Waals surface area contributed by atoms with Crippen molar-refractivity contribution < 1.29 is 14.0 Å². The largest absolute Gasteiger partial charge is 0.384 e. The zero-order chi connectivity index (χ0) is 18.1. The molecule has 1 amide bonds. The van der Waals surface area contributed by atoms with Gasteiger partial charge in [-0.3, -0.25) is 4.79 Å². The van der Waals surface area contributed by atoms with E-state index in [-0.39, 0.29) is 24.4 Å². The maximum atomic E-state index is 12.9. The molecular weight excluding hydrogens is 321 g/mol. The van der Waals surface area contributed by atoms with Gasteiger partial charge in [-0.2, -0.15) is 0 Å². The van der Waals surface area contributed by atoms with Crippen LogP contribution in [0.25, 0.3) is 0 Å². The fourth-order valence-corrected chi connectivity index (χ4v) is 2.25. The van der Waals surface area contributed by atoms with Crippen LogP contribution < -0.4 is 11.1 Å². The van der Waals surface area contributed by atoms with Crippen LogP contribution in [0.15, 0.2) is 59.8 Å². The molecule has 0 aromatic heterocycles. The van der Waals surface area contributed by atoms with Gasteiger partial charge in [0.25, 0.3) is 5.91 Å². The van der Waals surface area contributed by atoms with Crippen LogP contribution in [-0.2, 0) is 16.1 Å². The van der Waals surface area contributed by atoms with Gasteiger partial charge in [-0.15, -0.1) is 0 Å². The van der Waals surface area contributed by atoms with Crippen LogP contribution in [0, 0.1) is 5.82 Å². The van der Waals surface area contributed by atoms with Gasteiger partial charge in [0.15, 0.2) is 6.61 Å². The number of oxime groups is 1. The van der Waals surface area contributed by atoms with Crippen molar-refractivity contribution in [3.8, 4) is 0 Å². The van der Waals surface area contributed by atoms with Crippen molar-refractivity contribution in [2.24, 2.45) is 10.9 Å². The number of amides is 1. The predicted molar refractivity (Wildman–Crippen MR) is 95.3 cm³/mol. The Kier molecular flexibility index (Phi) is 6.95. The molecule has 2 aromatic rings. The van der Waals surface area contributed by atoms with Gasteiger partial charge in [0.1, 0.15) is 11.7 Å². The third-order valence-electron chi connectivity index (χ3n) is 3.64. The van der Waals surface area contributed by atoms with Crippen molar-refractivity contribution in [3.05, 3.63) is 71.5 Å². The molecule has 0 aliphatic heterocycles. The summed E-state index contributed by atoms with van der Waals surface area (Å²) >= 11 is 0.